The molecule has 0 aliphatic carbocycles. The van der Waals surface area contributed by atoms with Gasteiger partial charge in [-0.15, -0.1) is 0 Å². The molecule has 3 rings (SSSR count). The third-order valence-electron chi connectivity index (χ3n) is 5.14. The first kappa shape index (κ1) is 19.1. The monoisotopic (exact) mass is 368 g/mol. The summed E-state index contributed by atoms with van der Waals surface area (Å²) < 4.78 is 1.85. The van der Waals surface area contributed by atoms with Gasteiger partial charge in [-0.1, -0.05) is 18.2 Å². The highest BCUT2D eigenvalue weighted by Gasteiger charge is 2.36. The Kier molecular flexibility index (Phi) is 5.09. The number of hydrogen-bond donors (Lipinski definition) is 0. The Bertz CT molecular complexity index is 836. The predicted molar refractivity (Wildman–Crippen MR) is 106 cm³/mol. The van der Waals surface area contributed by atoms with Crippen LogP contribution < -0.4 is 4.90 Å². The standard InChI is InChI=1S/C21H28N4O2/c1-15-17(14-22-25(15)21(2,3)4)19(26)23(5)18-12-9-13-24(20(18)27)16-10-7-6-8-11-16/h6-8,10-11,14,18H,9,12-13H2,1-5H3. The molecule has 27 heavy (non-hydrogen) atoms. The summed E-state index contributed by atoms with van der Waals surface area (Å²) in [6.45, 7) is 8.73. The highest BCUT2D eigenvalue weighted by atomic mass is 16.2. The van der Waals surface area contributed by atoms with Crippen molar-refractivity contribution < 1.29 is 9.59 Å². The molecule has 144 valence electrons. The molecule has 1 unspecified atom stereocenters. The summed E-state index contributed by atoms with van der Waals surface area (Å²) in [5, 5.41) is 4.39. The van der Waals surface area contributed by atoms with Crippen LogP contribution in [0.25, 0.3) is 0 Å². The number of likely N-dealkylation sites (N-methyl/N-ethyl adjacent to an activating group) is 1. The van der Waals surface area contributed by atoms with Gasteiger partial charge in [0.25, 0.3) is 5.91 Å². The van der Waals surface area contributed by atoms with Crippen LogP contribution in [-0.4, -0.2) is 46.1 Å². The van der Waals surface area contributed by atoms with Gasteiger partial charge in [0, 0.05) is 25.0 Å². The number of anilines is 1. The molecule has 1 aromatic heterocycles. The molecule has 1 aliphatic rings. The molecule has 1 aromatic carbocycles. The van der Waals surface area contributed by atoms with Crippen LogP contribution in [0.1, 0.15) is 49.7 Å². The smallest absolute Gasteiger partial charge is 0.257 e. The molecular formula is C21H28N4O2. The number of amides is 2. The van der Waals surface area contributed by atoms with Crippen molar-refractivity contribution in [2.75, 3.05) is 18.5 Å². The van der Waals surface area contributed by atoms with E-state index in [2.05, 4.69) is 5.10 Å². The molecule has 0 radical (unpaired) electrons. The number of carbonyl (C=O) groups excluding carboxylic acids is 2. The van der Waals surface area contributed by atoms with Crippen LogP contribution in [0, 0.1) is 6.92 Å². The van der Waals surface area contributed by atoms with Crippen LogP contribution in [0.4, 0.5) is 5.69 Å². The van der Waals surface area contributed by atoms with Crippen LogP contribution in [0.2, 0.25) is 0 Å². The summed E-state index contributed by atoms with van der Waals surface area (Å²) in [4.78, 5) is 29.5. The molecule has 2 aromatic rings. The Morgan fingerprint density at radius 2 is 1.89 bits per heavy atom. The maximum absolute atomic E-state index is 13.1. The van der Waals surface area contributed by atoms with E-state index in [4.69, 9.17) is 0 Å². The number of carbonyl (C=O) groups is 2. The zero-order valence-corrected chi connectivity index (χ0v) is 16.8. The number of aromatic nitrogens is 2. The van der Waals surface area contributed by atoms with Crippen molar-refractivity contribution in [3.63, 3.8) is 0 Å². The lowest BCUT2D eigenvalue weighted by Crippen LogP contribution is -2.53. The van der Waals surface area contributed by atoms with Gasteiger partial charge in [0.2, 0.25) is 5.91 Å². The van der Waals surface area contributed by atoms with Crippen molar-refractivity contribution in [3.05, 3.63) is 47.8 Å². The van der Waals surface area contributed by atoms with E-state index in [1.165, 1.54) is 0 Å². The normalized spacial score (nSPS) is 17.9. The molecular weight excluding hydrogens is 340 g/mol. The van der Waals surface area contributed by atoms with Gasteiger partial charge in [0.05, 0.1) is 17.3 Å². The van der Waals surface area contributed by atoms with Gasteiger partial charge in [-0.3, -0.25) is 14.3 Å². The van der Waals surface area contributed by atoms with Crippen LogP contribution >= 0.6 is 0 Å². The summed E-state index contributed by atoms with van der Waals surface area (Å²) in [6.07, 6.45) is 3.15. The molecule has 0 spiro atoms. The molecule has 2 heterocycles. The molecule has 0 N–H and O–H groups in total. The summed E-state index contributed by atoms with van der Waals surface area (Å²) in [5.41, 5.74) is 2.05. The minimum absolute atomic E-state index is 0.0239. The van der Waals surface area contributed by atoms with E-state index in [1.807, 2.05) is 62.7 Å². The maximum Gasteiger partial charge on any atom is 0.257 e. The van der Waals surface area contributed by atoms with E-state index in [0.717, 1.165) is 17.8 Å². The number of nitrogens with zero attached hydrogens (tertiary/aromatic N) is 4. The van der Waals surface area contributed by atoms with E-state index >= 15 is 0 Å². The van der Waals surface area contributed by atoms with Gasteiger partial charge < -0.3 is 9.80 Å². The van der Waals surface area contributed by atoms with Crippen molar-refractivity contribution in [1.82, 2.24) is 14.7 Å². The number of rotatable bonds is 3. The van der Waals surface area contributed by atoms with Crippen molar-refractivity contribution in [2.45, 2.75) is 52.1 Å². The van der Waals surface area contributed by atoms with Crippen molar-refractivity contribution in [3.8, 4) is 0 Å². The largest absolute Gasteiger partial charge is 0.330 e. The third-order valence-corrected chi connectivity index (χ3v) is 5.14. The molecule has 1 saturated heterocycles. The first-order valence-corrected chi connectivity index (χ1v) is 9.40. The molecule has 6 heteroatoms. The fraction of sp³-hybridized carbons (Fsp3) is 0.476. The highest BCUT2D eigenvalue weighted by Crippen LogP contribution is 2.25. The van der Waals surface area contributed by atoms with Crippen LogP contribution in [0.3, 0.4) is 0 Å². The van der Waals surface area contributed by atoms with E-state index in [0.29, 0.717) is 18.5 Å². The fourth-order valence-corrected chi connectivity index (χ4v) is 3.71. The van der Waals surface area contributed by atoms with Gasteiger partial charge in [0.15, 0.2) is 0 Å². The lowest BCUT2D eigenvalue weighted by molar-refractivity contribution is -0.124. The SMILES string of the molecule is Cc1c(C(=O)N(C)C2CCCN(c3ccccc3)C2=O)cnn1C(C)(C)C. The summed E-state index contributed by atoms with van der Waals surface area (Å²) >= 11 is 0. The van der Waals surface area contributed by atoms with E-state index in [1.54, 1.807) is 23.0 Å². The first-order chi connectivity index (χ1) is 12.7. The van der Waals surface area contributed by atoms with Gasteiger partial charge >= 0.3 is 0 Å². The molecule has 0 saturated carbocycles. The Morgan fingerprint density at radius 1 is 1.22 bits per heavy atom. The topological polar surface area (TPSA) is 58.4 Å². The minimum Gasteiger partial charge on any atom is -0.330 e. The molecule has 1 fully saturated rings. The average molecular weight is 368 g/mol. The van der Waals surface area contributed by atoms with Crippen molar-refractivity contribution in [2.24, 2.45) is 0 Å². The number of piperidine rings is 1. The van der Waals surface area contributed by atoms with E-state index in [-0.39, 0.29) is 17.4 Å². The Morgan fingerprint density at radius 3 is 2.48 bits per heavy atom. The van der Waals surface area contributed by atoms with Crippen molar-refractivity contribution in [1.29, 1.82) is 0 Å². The van der Waals surface area contributed by atoms with Crippen LogP contribution in [0.15, 0.2) is 36.5 Å². The quantitative estimate of drug-likeness (QED) is 0.836. The first-order valence-electron chi connectivity index (χ1n) is 9.40. The second-order valence-corrected chi connectivity index (χ2v) is 8.13. The lowest BCUT2D eigenvalue weighted by Gasteiger charge is -2.36. The summed E-state index contributed by atoms with van der Waals surface area (Å²) in [6, 6.07) is 9.18. The number of benzene rings is 1. The number of para-hydroxylation sites is 1. The summed E-state index contributed by atoms with van der Waals surface area (Å²) in [5.74, 6) is -0.180. The van der Waals surface area contributed by atoms with Gasteiger partial charge in [-0.2, -0.15) is 5.10 Å². The predicted octanol–water partition coefficient (Wildman–Crippen LogP) is 3.21. The maximum atomic E-state index is 13.1. The second-order valence-electron chi connectivity index (χ2n) is 8.13. The van der Waals surface area contributed by atoms with E-state index < -0.39 is 6.04 Å². The Hall–Kier alpha value is -2.63. The van der Waals surface area contributed by atoms with E-state index in [9.17, 15) is 9.59 Å². The van der Waals surface area contributed by atoms with Crippen LogP contribution in [0.5, 0.6) is 0 Å². The third kappa shape index (κ3) is 3.61. The zero-order chi connectivity index (χ0) is 19.8. The van der Waals surface area contributed by atoms with Gasteiger partial charge in [-0.05, 0) is 52.7 Å². The Labute approximate surface area is 160 Å². The molecule has 0 bridgehead atoms. The van der Waals surface area contributed by atoms with Crippen molar-refractivity contribution >= 4 is 17.5 Å². The number of hydrogen-bond acceptors (Lipinski definition) is 3. The zero-order valence-electron chi connectivity index (χ0n) is 16.8. The minimum atomic E-state index is -0.455. The van der Waals surface area contributed by atoms with Crippen LogP contribution in [-0.2, 0) is 10.3 Å². The van der Waals surface area contributed by atoms with Gasteiger partial charge in [0.1, 0.15) is 6.04 Å². The molecule has 6 nitrogen and oxygen atoms in total. The summed E-state index contributed by atoms with van der Waals surface area (Å²) in [7, 11) is 1.72. The molecule has 2 amide bonds. The molecule has 1 atom stereocenters. The highest BCUT2D eigenvalue weighted by molar-refractivity contribution is 6.03. The van der Waals surface area contributed by atoms with Gasteiger partial charge in [-0.25, -0.2) is 0 Å². The fourth-order valence-electron chi connectivity index (χ4n) is 3.71. The Balaban J connectivity index is 1.83. The second kappa shape index (κ2) is 7.18. The lowest BCUT2D eigenvalue weighted by atomic mass is 10.0. The average Bonchev–Trinajstić information content (AvgIpc) is 3.03. The molecule has 1 aliphatic heterocycles.